The fourth-order valence-corrected chi connectivity index (χ4v) is 3.02. The van der Waals surface area contributed by atoms with Crippen LogP contribution in [-0.2, 0) is 11.2 Å². The Hall–Kier alpha value is -1.94. The molecule has 0 fully saturated rings. The highest BCUT2D eigenvalue weighted by Gasteiger charge is 2.17. The molecule has 2 N–H and O–H groups in total. The van der Waals surface area contributed by atoms with Crippen LogP contribution in [0.1, 0.15) is 29.0 Å². The van der Waals surface area contributed by atoms with Gasteiger partial charge in [-0.25, -0.2) is 4.39 Å². The summed E-state index contributed by atoms with van der Waals surface area (Å²) in [4.78, 5) is 11.3. The third kappa shape index (κ3) is 4.53. The van der Waals surface area contributed by atoms with Crippen molar-refractivity contribution in [1.82, 2.24) is 0 Å². The van der Waals surface area contributed by atoms with Crippen LogP contribution in [0.4, 0.5) is 4.39 Å². The first kappa shape index (κ1) is 16.4. The molecule has 0 spiro atoms. The first-order valence-corrected chi connectivity index (χ1v) is 7.79. The van der Waals surface area contributed by atoms with E-state index in [-0.39, 0.29) is 17.9 Å². The van der Waals surface area contributed by atoms with E-state index >= 15 is 0 Å². The number of hydrogen-bond acceptors (Lipinski definition) is 2. The van der Waals surface area contributed by atoms with Gasteiger partial charge in [0.15, 0.2) is 0 Å². The molecule has 3 nitrogen and oxygen atoms in total. The Morgan fingerprint density at radius 2 is 2.09 bits per heavy atom. The first-order chi connectivity index (χ1) is 10.5. The molecule has 0 radical (unpaired) electrons. The number of nitrogens with two attached hydrogens (primary N) is 1. The Morgan fingerprint density at radius 3 is 2.73 bits per heavy atom. The van der Waals surface area contributed by atoms with Crippen molar-refractivity contribution in [3.05, 3.63) is 68.5 Å². The summed E-state index contributed by atoms with van der Waals surface area (Å²) in [7, 11) is 0. The fraction of sp³-hybridized carbons (Fsp3) is 0.176. The van der Waals surface area contributed by atoms with Gasteiger partial charge in [-0.15, -0.1) is 0 Å². The zero-order chi connectivity index (χ0) is 16.1. The van der Waals surface area contributed by atoms with Gasteiger partial charge in [-0.2, -0.15) is 5.26 Å². The highest BCUT2D eigenvalue weighted by Crippen LogP contribution is 2.26. The molecule has 0 aliphatic heterocycles. The molecule has 0 heterocycles. The van der Waals surface area contributed by atoms with Crippen molar-refractivity contribution in [2.24, 2.45) is 5.73 Å². The second kappa shape index (κ2) is 7.36. The summed E-state index contributed by atoms with van der Waals surface area (Å²) in [6.45, 7) is 0. The molecule has 0 aliphatic carbocycles. The smallest absolute Gasteiger partial charge is 0.218 e. The summed E-state index contributed by atoms with van der Waals surface area (Å²) in [6.07, 6.45) is 0.675. The molecule has 22 heavy (non-hydrogen) atoms. The van der Waals surface area contributed by atoms with Crippen molar-refractivity contribution in [2.45, 2.75) is 18.8 Å². The van der Waals surface area contributed by atoms with E-state index in [1.165, 1.54) is 12.1 Å². The van der Waals surface area contributed by atoms with Crippen LogP contribution in [0.3, 0.4) is 0 Å². The van der Waals surface area contributed by atoms with E-state index in [2.05, 4.69) is 22.6 Å². The number of amides is 1. The number of nitrogens with zero attached hydrogens (tertiary/aromatic N) is 1. The summed E-state index contributed by atoms with van der Waals surface area (Å²) < 4.78 is 14.7. The second-order valence-corrected chi connectivity index (χ2v) is 6.33. The number of nitriles is 1. The van der Waals surface area contributed by atoms with Gasteiger partial charge in [-0.3, -0.25) is 4.79 Å². The summed E-state index contributed by atoms with van der Waals surface area (Å²) >= 11 is 2.21. The highest BCUT2D eigenvalue weighted by atomic mass is 127. The number of hydrogen-bond donors (Lipinski definition) is 1. The van der Waals surface area contributed by atoms with Crippen LogP contribution in [0, 0.1) is 20.7 Å². The monoisotopic (exact) mass is 408 g/mol. The molecule has 5 heteroatoms. The third-order valence-corrected chi connectivity index (χ3v) is 4.01. The molecule has 2 aromatic rings. The minimum atomic E-state index is -0.480. The quantitative estimate of drug-likeness (QED) is 0.770. The lowest BCUT2D eigenvalue weighted by Crippen LogP contribution is -2.17. The predicted molar refractivity (Wildman–Crippen MR) is 90.5 cm³/mol. The van der Waals surface area contributed by atoms with Crippen LogP contribution in [0.25, 0.3) is 0 Å². The van der Waals surface area contributed by atoms with Gasteiger partial charge in [-0.1, -0.05) is 12.1 Å². The van der Waals surface area contributed by atoms with Crippen LogP contribution >= 0.6 is 22.6 Å². The topological polar surface area (TPSA) is 66.9 Å². The Morgan fingerprint density at radius 1 is 1.32 bits per heavy atom. The lowest BCUT2D eigenvalue weighted by atomic mass is 9.88. The van der Waals surface area contributed by atoms with Crippen LogP contribution < -0.4 is 5.73 Å². The van der Waals surface area contributed by atoms with E-state index < -0.39 is 11.7 Å². The van der Waals surface area contributed by atoms with Gasteiger partial charge in [-0.05, 0) is 76.4 Å². The number of halogens is 2. The van der Waals surface area contributed by atoms with Crippen LogP contribution in [0.5, 0.6) is 0 Å². The largest absolute Gasteiger partial charge is 0.370 e. The summed E-state index contributed by atoms with van der Waals surface area (Å²) in [5.41, 5.74) is 7.23. The molecule has 0 aromatic heterocycles. The van der Waals surface area contributed by atoms with Crippen molar-refractivity contribution >= 4 is 28.5 Å². The molecule has 112 valence electrons. The third-order valence-electron chi connectivity index (χ3n) is 3.34. The minimum absolute atomic E-state index is 0.111. The van der Waals surface area contributed by atoms with Gasteiger partial charge in [0.2, 0.25) is 5.91 Å². The Kier molecular flexibility index (Phi) is 5.50. The van der Waals surface area contributed by atoms with Crippen molar-refractivity contribution in [1.29, 1.82) is 5.26 Å². The van der Waals surface area contributed by atoms with Crippen molar-refractivity contribution < 1.29 is 9.18 Å². The molecule has 2 rings (SSSR count). The van der Waals surface area contributed by atoms with Crippen molar-refractivity contribution in [3.8, 4) is 6.07 Å². The summed E-state index contributed by atoms with van der Waals surface area (Å²) in [6, 6.07) is 14.0. The lowest BCUT2D eigenvalue weighted by Gasteiger charge is -2.17. The number of benzene rings is 2. The average molecular weight is 408 g/mol. The number of primary amides is 1. The minimum Gasteiger partial charge on any atom is -0.370 e. The Balaban J connectivity index is 2.36. The van der Waals surface area contributed by atoms with E-state index in [9.17, 15) is 9.18 Å². The van der Waals surface area contributed by atoms with Crippen molar-refractivity contribution in [2.75, 3.05) is 0 Å². The molecule has 0 aliphatic rings. The number of carbonyl (C=O) groups is 1. The van der Waals surface area contributed by atoms with Crippen LogP contribution in [0.15, 0.2) is 42.5 Å². The zero-order valence-electron chi connectivity index (χ0n) is 11.7. The number of rotatable bonds is 5. The maximum Gasteiger partial charge on any atom is 0.218 e. The van der Waals surface area contributed by atoms with E-state index in [4.69, 9.17) is 11.0 Å². The Bertz CT molecular complexity index is 740. The van der Waals surface area contributed by atoms with E-state index in [1.807, 2.05) is 30.3 Å². The van der Waals surface area contributed by atoms with E-state index in [1.54, 1.807) is 6.07 Å². The summed E-state index contributed by atoms with van der Waals surface area (Å²) in [5, 5.41) is 8.97. The second-order valence-electron chi connectivity index (χ2n) is 5.09. The van der Waals surface area contributed by atoms with Crippen LogP contribution in [0.2, 0.25) is 0 Å². The molecule has 1 amide bonds. The van der Waals surface area contributed by atoms with Gasteiger partial charge in [0.1, 0.15) is 5.82 Å². The van der Waals surface area contributed by atoms with Gasteiger partial charge in [0.25, 0.3) is 0 Å². The standard InChI is InChI=1S/C17H14FIN2O/c18-15-6-12(10-20)5-13(8-15)14(9-17(21)22)4-11-2-1-3-16(19)7-11/h1-3,5-8,14H,4,9H2,(H2,21,22). The SMILES string of the molecule is N#Cc1cc(F)cc(C(CC(N)=O)Cc2cccc(I)c2)c1. The fourth-order valence-electron chi connectivity index (χ4n) is 2.41. The lowest BCUT2D eigenvalue weighted by molar-refractivity contribution is -0.118. The number of carbonyl (C=O) groups excluding carboxylic acids is 1. The molecule has 0 saturated carbocycles. The molecular weight excluding hydrogens is 394 g/mol. The summed E-state index contributed by atoms with van der Waals surface area (Å²) in [5.74, 6) is -1.18. The van der Waals surface area contributed by atoms with Crippen molar-refractivity contribution in [3.63, 3.8) is 0 Å². The molecule has 2 aromatic carbocycles. The molecule has 0 bridgehead atoms. The average Bonchev–Trinajstić information content (AvgIpc) is 2.45. The highest BCUT2D eigenvalue weighted by molar-refractivity contribution is 14.1. The van der Waals surface area contributed by atoms with Gasteiger partial charge in [0, 0.05) is 9.99 Å². The van der Waals surface area contributed by atoms with Gasteiger partial charge < -0.3 is 5.73 Å². The zero-order valence-corrected chi connectivity index (χ0v) is 13.9. The maximum absolute atomic E-state index is 13.6. The molecule has 0 saturated heterocycles. The molecule has 1 unspecified atom stereocenters. The molecular formula is C17H14FIN2O. The normalized spacial score (nSPS) is 11.7. The van der Waals surface area contributed by atoms with E-state index in [0.29, 0.717) is 12.0 Å². The predicted octanol–water partition coefficient (Wildman–Crippen LogP) is 3.50. The van der Waals surface area contributed by atoms with Crippen LogP contribution in [-0.4, -0.2) is 5.91 Å². The van der Waals surface area contributed by atoms with E-state index in [0.717, 1.165) is 9.13 Å². The Labute approximate surface area is 142 Å². The molecule has 1 atom stereocenters. The van der Waals surface area contributed by atoms with Gasteiger partial charge >= 0.3 is 0 Å². The van der Waals surface area contributed by atoms with Gasteiger partial charge in [0.05, 0.1) is 11.6 Å². The first-order valence-electron chi connectivity index (χ1n) is 6.71. The maximum atomic E-state index is 13.6.